The molecule has 4 nitrogen and oxygen atoms in total. The van der Waals surface area contributed by atoms with Crippen molar-refractivity contribution in [2.45, 2.75) is 43.6 Å². The normalized spacial score (nSPS) is 21.9. The van der Waals surface area contributed by atoms with Crippen LogP contribution in [-0.4, -0.2) is 37.6 Å². The van der Waals surface area contributed by atoms with Crippen molar-refractivity contribution in [1.29, 1.82) is 0 Å². The summed E-state index contributed by atoms with van der Waals surface area (Å²) in [5, 5.41) is 0. The van der Waals surface area contributed by atoms with Gasteiger partial charge >= 0.3 is 5.97 Å². The number of allylic oxidation sites excluding steroid dienone is 1. The van der Waals surface area contributed by atoms with Crippen LogP contribution in [0.2, 0.25) is 0 Å². The van der Waals surface area contributed by atoms with Crippen LogP contribution in [0.25, 0.3) is 0 Å². The zero-order valence-electron chi connectivity index (χ0n) is 20.7. The van der Waals surface area contributed by atoms with Crippen LogP contribution < -0.4 is 4.74 Å². The van der Waals surface area contributed by atoms with Gasteiger partial charge < -0.3 is 14.4 Å². The summed E-state index contributed by atoms with van der Waals surface area (Å²) in [6.45, 7) is 3.13. The summed E-state index contributed by atoms with van der Waals surface area (Å²) >= 11 is 0. The summed E-state index contributed by atoms with van der Waals surface area (Å²) in [6.07, 6.45) is 4.83. The second kappa shape index (κ2) is 9.71. The fourth-order valence-corrected chi connectivity index (χ4v) is 5.95. The molecule has 4 heteroatoms. The highest BCUT2D eigenvalue weighted by atomic mass is 16.5. The van der Waals surface area contributed by atoms with Gasteiger partial charge in [-0.05, 0) is 67.8 Å². The quantitative estimate of drug-likeness (QED) is 0.417. The van der Waals surface area contributed by atoms with E-state index in [1.165, 1.54) is 5.56 Å². The standard InChI is InChI=1S/C31H33NO3/c1-22-20-25(14-15-27(22)34-3)31-17-16-26(21-28(31)32(2)19-18-31)35-30(33)29(23-10-6-4-7-11-23)24-12-8-5-9-13-24/h4-16,20,28-29H,17-19,21H2,1-3H3. The number of methoxy groups -OCH3 is 1. The lowest BCUT2D eigenvalue weighted by molar-refractivity contribution is -0.140. The predicted octanol–water partition coefficient (Wildman–Crippen LogP) is 6.00. The van der Waals surface area contributed by atoms with Crippen molar-refractivity contribution in [2.75, 3.05) is 20.7 Å². The molecule has 2 aliphatic rings. The van der Waals surface area contributed by atoms with Crippen molar-refractivity contribution < 1.29 is 14.3 Å². The van der Waals surface area contributed by atoms with Crippen LogP contribution in [0.5, 0.6) is 5.75 Å². The molecule has 1 aliphatic heterocycles. The molecule has 3 aromatic carbocycles. The van der Waals surface area contributed by atoms with Gasteiger partial charge in [0.05, 0.1) is 7.11 Å². The summed E-state index contributed by atoms with van der Waals surface area (Å²) in [6, 6.07) is 26.7. The highest BCUT2D eigenvalue weighted by molar-refractivity contribution is 5.83. The van der Waals surface area contributed by atoms with Crippen LogP contribution in [0.4, 0.5) is 0 Å². The van der Waals surface area contributed by atoms with Crippen LogP contribution in [0.15, 0.2) is 90.7 Å². The molecule has 2 unspecified atom stereocenters. The molecule has 1 heterocycles. The van der Waals surface area contributed by atoms with Crippen molar-refractivity contribution in [1.82, 2.24) is 4.90 Å². The number of ether oxygens (including phenoxy) is 2. The van der Waals surface area contributed by atoms with Crippen LogP contribution in [0.1, 0.15) is 47.4 Å². The largest absolute Gasteiger partial charge is 0.496 e. The van der Waals surface area contributed by atoms with Crippen molar-refractivity contribution in [3.8, 4) is 5.75 Å². The van der Waals surface area contributed by atoms with Crippen molar-refractivity contribution in [3.05, 3.63) is 113 Å². The molecule has 180 valence electrons. The number of hydrogen-bond donors (Lipinski definition) is 0. The molecule has 3 aromatic rings. The van der Waals surface area contributed by atoms with E-state index in [4.69, 9.17) is 9.47 Å². The molecule has 0 N–H and O–H groups in total. The lowest BCUT2D eigenvalue weighted by Crippen LogP contribution is -2.43. The Morgan fingerprint density at radius 3 is 2.26 bits per heavy atom. The number of aryl methyl sites for hydroxylation is 1. The molecule has 2 atom stereocenters. The fraction of sp³-hybridized carbons (Fsp3) is 0.323. The third kappa shape index (κ3) is 4.39. The second-order valence-electron chi connectivity index (χ2n) is 9.84. The highest BCUT2D eigenvalue weighted by Gasteiger charge is 2.49. The molecule has 0 bridgehead atoms. The molecule has 0 aromatic heterocycles. The van der Waals surface area contributed by atoms with Gasteiger partial charge in [-0.25, -0.2) is 0 Å². The minimum absolute atomic E-state index is 0.0277. The molecule has 1 fully saturated rings. The van der Waals surface area contributed by atoms with Gasteiger partial charge in [0.25, 0.3) is 0 Å². The Morgan fingerprint density at radius 2 is 1.66 bits per heavy atom. The van der Waals surface area contributed by atoms with Crippen molar-refractivity contribution in [2.24, 2.45) is 0 Å². The number of likely N-dealkylation sites (tertiary alicyclic amines) is 1. The number of benzene rings is 3. The summed E-state index contributed by atoms with van der Waals surface area (Å²) in [4.78, 5) is 16.0. The second-order valence-corrected chi connectivity index (χ2v) is 9.84. The Balaban J connectivity index is 1.42. The first kappa shape index (κ1) is 23.4. The maximum Gasteiger partial charge on any atom is 0.322 e. The predicted molar refractivity (Wildman–Crippen MR) is 139 cm³/mol. The van der Waals surface area contributed by atoms with E-state index in [0.717, 1.165) is 54.0 Å². The molecule has 1 aliphatic carbocycles. The van der Waals surface area contributed by atoms with E-state index in [9.17, 15) is 4.79 Å². The molecule has 0 radical (unpaired) electrons. The molecular formula is C31H33NO3. The monoisotopic (exact) mass is 467 g/mol. The number of hydrogen-bond acceptors (Lipinski definition) is 4. The van der Waals surface area contributed by atoms with Crippen LogP contribution in [0, 0.1) is 6.92 Å². The van der Waals surface area contributed by atoms with Gasteiger partial charge in [-0.3, -0.25) is 4.79 Å². The Hall–Kier alpha value is -3.37. The van der Waals surface area contributed by atoms with E-state index in [2.05, 4.69) is 43.1 Å². The molecule has 0 amide bonds. The summed E-state index contributed by atoms with van der Waals surface area (Å²) in [7, 11) is 3.90. The van der Waals surface area contributed by atoms with Crippen molar-refractivity contribution in [3.63, 3.8) is 0 Å². The summed E-state index contributed by atoms with van der Waals surface area (Å²) in [5.74, 6) is 1.03. The Morgan fingerprint density at radius 1 is 1.00 bits per heavy atom. The van der Waals surface area contributed by atoms with Crippen LogP contribution >= 0.6 is 0 Å². The van der Waals surface area contributed by atoms with E-state index in [-0.39, 0.29) is 17.4 Å². The minimum Gasteiger partial charge on any atom is -0.496 e. The van der Waals surface area contributed by atoms with Gasteiger partial charge in [0.2, 0.25) is 0 Å². The topological polar surface area (TPSA) is 38.8 Å². The third-order valence-corrected chi connectivity index (χ3v) is 7.87. The first-order valence-electron chi connectivity index (χ1n) is 12.4. The van der Waals surface area contributed by atoms with E-state index in [1.807, 2.05) is 60.7 Å². The number of carbonyl (C=O) groups excluding carboxylic acids is 1. The van der Waals surface area contributed by atoms with Gasteiger partial charge in [-0.1, -0.05) is 72.8 Å². The average molecular weight is 468 g/mol. The lowest BCUT2D eigenvalue weighted by atomic mass is 9.68. The number of nitrogens with zero attached hydrogens (tertiary/aromatic N) is 1. The Labute approximate surface area is 208 Å². The maximum atomic E-state index is 13.6. The number of fused-ring (bicyclic) bond motifs is 1. The number of esters is 1. The van der Waals surface area contributed by atoms with Gasteiger partial charge in [-0.2, -0.15) is 0 Å². The Bertz CT molecular complexity index is 1180. The average Bonchev–Trinajstić information content (AvgIpc) is 3.22. The SMILES string of the molecule is COc1ccc(C23CC=C(OC(=O)C(c4ccccc4)c4ccccc4)CC2N(C)CC3)cc1C. The van der Waals surface area contributed by atoms with Gasteiger partial charge in [0.1, 0.15) is 17.4 Å². The third-order valence-electron chi connectivity index (χ3n) is 7.87. The first-order valence-corrected chi connectivity index (χ1v) is 12.4. The number of rotatable bonds is 6. The Kier molecular flexibility index (Phi) is 6.48. The van der Waals surface area contributed by atoms with E-state index < -0.39 is 5.92 Å². The smallest absolute Gasteiger partial charge is 0.322 e. The van der Waals surface area contributed by atoms with Crippen LogP contribution in [-0.2, 0) is 14.9 Å². The molecule has 1 saturated heterocycles. The fourth-order valence-electron chi connectivity index (χ4n) is 5.95. The molecule has 5 rings (SSSR count). The van der Waals surface area contributed by atoms with Gasteiger partial charge in [0.15, 0.2) is 0 Å². The maximum absolute atomic E-state index is 13.6. The highest BCUT2D eigenvalue weighted by Crippen LogP contribution is 2.49. The zero-order chi connectivity index (χ0) is 24.4. The summed E-state index contributed by atoms with van der Waals surface area (Å²) in [5.41, 5.74) is 4.42. The number of likely N-dealkylation sites (N-methyl/N-ethyl adjacent to an activating group) is 1. The first-order chi connectivity index (χ1) is 17.0. The lowest BCUT2D eigenvalue weighted by Gasteiger charge is -2.41. The van der Waals surface area contributed by atoms with Gasteiger partial charge in [0, 0.05) is 17.9 Å². The van der Waals surface area contributed by atoms with Gasteiger partial charge in [-0.15, -0.1) is 0 Å². The van der Waals surface area contributed by atoms with Crippen LogP contribution in [0.3, 0.4) is 0 Å². The molecule has 35 heavy (non-hydrogen) atoms. The van der Waals surface area contributed by atoms with E-state index in [1.54, 1.807) is 7.11 Å². The molecule has 0 spiro atoms. The summed E-state index contributed by atoms with van der Waals surface area (Å²) < 4.78 is 11.6. The van der Waals surface area contributed by atoms with E-state index >= 15 is 0 Å². The molecule has 0 saturated carbocycles. The van der Waals surface area contributed by atoms with E-state index in [0.29, 0.717) is 0 Å². The number of carbonyl (C=O) groups is 1. The van der Waals surface area contributed by atoms with Crippen molar-refractivity contribution >= 4 is 5.97 Å². The molecular weight excluding hydrogens is 434 g/mol. The zero-order valence-corrected chi connectivity index (χ0v) is 20.7. The minimum atomic E-state index is -0.449.